The SMILES string of the molecule is C[C@H]1C(=O)N(C[C@@H](O)COCc2ccc3c(c2)OCO3)C(=O)N1c1ccc(F)cc1. The molecule has 30 heavy (non-hydrogen) atoms. The summed E-state index contributed by atoms with van der Waals surface area (Å²) in [6.07, 6.45) is -1.05. The van der Waals surface area contributed by atoms with Gasteiger partial charge < -0.3 is 19.3 Å². The smallest absolute Gasteiger partial charge is 0.332 e. The Kier molecular flexibility index (Phi) is 5.56. The molecule has 2 aromatic carbocycles. The number of β-amino-alcohol motifs (C(OH)–C–C–N with tert-alkyl or cyclic N) is 1. The fourth-order valence-electron chi connectivity index (χ4n) is 3.44. The molecule has 0 saturated carbocycles. The summed E-state index contributed by atoms with van der Waals surface area (Å²) in [6, 6.07) is 9.42. The Bertz CT molecular complexity index is 951. The van der Waals surface area contributed by atoms with Gasteiger partial charge in [0.15, 0.2) is 11.5 Å². The zero-order chi connectivity index (χ0) is 21.3. The third-order valence-corrected chi connectivity index (χ3v) is 4.96. The second kappa shape index (κ2) is 8.29. The summed E-state index contributed by atoms with van der Waals surface area (Å²) in [5.74, 6) is 0.444. The summed E-state index contributed by atoms with van der Waals surface area (Å²) < 4.78 is 29.2. The molecule has 1 N–H and O–H groups in total. The van der Waals surface area contributed by atoms with E-state index in [4.69, 9.17) is 14.2 Å². The van der Waals surface area contributed by atoms with Gasteiger partial charge in [-0.25, -0.2) is 9.18 Å². The molecule has 9 heteroatoms. The van der Waals surface area contributed by atoms with Gasteiger partial charge in [-0.05, 0) is 48.9 Å². The summed E-state index contributed by atoms with van der Waals surface area (Å²) in [4.78, 5) is 27.5. The van der Waals surface area contributed by atoms with Gasteiger partial charge in [0.25, 0.3) is 5.91 Å². The first-order valence-electron chi connectivity index (χ1n) is 9.48. The lowest BCUT2D eigenvalue weighted by atomic mass is 10.2. The van der Waals surface area contributed by atoms with Crippen molar-refractivity contribution in [3.05, 3.63) is 53.8 Å². The molecule has 0 spiro atoms. The number of halogens is 1. The number of fused-ring (bicyclic) bond motifs is 1. The molecular formula is C21H21FN2O6. The van der Waals surface area contributed by atoms with Crippen LogP contribution < -0.4 is 14.4 Å². The molecule has 0 unspecified atom stereocenters. The van der Waals surface area contributed by atoms with Crippen LogP contribution in [-0.4, -0.2) is 54.0 Å². The van der Waals surface area contributed by atoms with Crippen molar-refractivity contribution in [2.24, 2.45) is 0 Å². The number of carbonyl (C=O) groups excluding carboxylic acids is 2. The average molecular weight is 416 g/mol. The first kappa shape index (κ1) is 20.1. The normalized spacial score (nSPS) is 19.0. The number of nitrogens with zero attached hydrogens (tertiary/aromatic N) is 2. The molecule has 2 heterocycles. The van der Waals surface area contributed by atoms with Crippen molar-refractivity contribution in [3.63, 3.8) is 0 Å². The predicted octanol–water partition coefficient (Wildman–Crippen LogP) is 2.29. The molecule has 0 bridgehead atoms. The molecule has 4 rings (SSSR count). The number of imide groups is 1. The van der Waals surface area contributed by atoms with E-state index < -0.39 is 29.9 Å². The molecular weight excluding hydrogens is 395 g/mol. The number of carbonyl (C=O) groups is 2. The van der Waals surface area contributed by atoms with Gasteiger partial charge in [0, 0.05) is 5.69 Å². The lowest BCUT2D eigenvalue weighted by Crippen LogP contribution is -2.40. The van der Waals surface area contributed by atoms with Crippen molar-refractivity contribution in [2.75, 3.05) is 24.8 Å². The molecule has 158 valence electrons. The van der Waals surface area contributed by atoms with E-state index in [2.05, 4.69) is 0 Å². The van der Waals surface area contributed by atoms with Gasteiger partial charge in [-0.15, -0.1) is 0 Å². The number of amides is 3. The van der Waals surface area contributed by atoms with E-state index in [1.54, 1.807) is 19.1 Å². The molecule has 0 aromatic heterocycles. The summed E-state index contributed by atoms with van der Waals surface area (Å²) in [6.45, 7) is 1.75. The van der Waals surface area contributed by atoms with Crippen molar-refractivity contribution in [3.8, 4) is 11.5 Å². The van der Waals surface area contributed by atoms with Gasteiger partial charge in [-0.1, -0.05) is 6.07 Å². The Morgan fingerprint density at radius 1 is 1.17 bits per heavy atom. The Balaban J connectivity index is 1.32. The van der Waals surface area contributed by atoms with E-state index in [1.807, 2.05) is 6.07 Å². The highest BCUT2D eigenvalue weighted by Crippen LogP contribution is 2.32. The number of hydrogen-bond acceptors (Lipinski definition) is 6. The summed E-state index contributed by atoms with van der Waals surface area (Å²) >= 11 is 0. The molecule has 8 nitrogen and oxygen atoms in total. The molecule has 2 aliphatic rings. The van der Waals surface area contributed by atoms with Crippen LogP contribution in [-0.2, 0) is 16.1 Å². The van der Waals surface area contributed by atoms with Crippen molar-refractivity contribution in [2.45, 2.75) is 25.7 Å². The largest absolute Gasteiger partial charge is 0.454 e. The highest BCUT2D eigenvalue weighted by atomic mass is 19.1. The minimum Gasteiger partial charge on any atom is -0.454 e. The number of hydrogen-bond donors (Lipinski definition) is 1. The Labute approximate surface area is 172 Å². The zero-order valence-corrected chi connectivity index (χ0v) is 16.3. The number of anilines is 1. The maximum Gasteiger partial charge on any atom is 0.332 e. The van der Waals surface area contributed by atoms with Crippen LogP contribution in [0.15, 0.2) is 42.5 Å². The molecule has 3 amide bonds. The fourth-order valence-corrected chi connectivity index (χ4v) is 3.44. The monoisotopic (exact) mass is 416 g/mol. The van der Waals surface area contributed by atoms with Gasteiger partial charge in [-0.3, -0.25) is 14.6 Å². The first-order valence-corrected chi connectivity index (χ1v) is 9.48. The number of urea groups is 1. The van der Waals surface area contributed by atoms with Crippen molar-refractivity contribution in [1.82, 2.24) is 4.90 Å². The third-order valence-electron chi connectivity index (χ3n) is 4.96. The number of benzene rings is 2. The Morgan fingerprint density at radius 3 is 2.67 bits per heavy atom. The van der Waals surface area contributed by atoms with E-state index in [1.165, 1.54) is 29.2 Å². The van der Waals surface area contributed by atoms with Crippen LogP contribution in [0.1, 0.15) is 12.5 Å². The maximum atomic E-state index is 13.2. The highest BCUT2D eigenvalue weighted by molar-refractivity contribution is 6.14. The van der Waals surface area contributed by atoms with Crippen LogP contribution in [0.3, 0.4) is 0 Å². The van der Waals surface area contributed by atoms with Gasteiger partial charge >= 0.3 is 6.03 Å². The van der Waals surface area contributed by atoms with Crippen LogP contribution >= 0.6 is 0 Å². The first-order chi connectivity index (χ1) is 14.4. The summed E-state index contributed by atoms with van der Waals surface area (Å²) in [5, 5.41) is 10.3. The maximum absolute atomic E-state index is 13.2. The standard InChI is InChI=1S/C21H21FN2O6/c1-13-20(26)23(21(27)24(13)16-5-3-15(22)4-6-16)9-17(25)11-28-10-14-2-7-18-19(8-14)30-12-29-18/h2-8,13,17,25H,9-12H2,1H3/t13-,17+/m0/s1. The summed E-state index contributed by atoms with van der Waals surface area (Å²) in [5.41, 5.74) is 1.26. The van der Waals surface area contributed by atoms with Gasteiger partial charge in [0.05, 0.1) is 25.9 Å². The van der Waals surface area contributed by atoms with Crippen LogP contribution in [0.5, 0.6) is 11.5 Å². The second-order valence-corrected chi connectivity index (χ2v) is 7.11. The Morgan fingerprint density at radius 2 is 1.90 bits per heavy atom. The lowest BCUT2D eigenvalue weighted by molar-refractivity contribution is -0.128. The van der Waals surface area contributed by atoms with Crippen LogP contribution in [0.4, 0.5) is 14.9 Å². The van der Waals surface area contributed by atoms with E-state index in [0.29, 0.717) is 17.2 Å². The van der Waals surface area contributed by atoms with Gasteiger partial charge in [-0.2, -0.15) is 0 Å². The molecule has 0 radical (unpaired) electrons. The number of ether oxygens (including phenoxy) is 3. The van der Waals surface area contributed by atoms with Gasteiger partial charge in [0.1, 0.15) is 11.9 Å². The number of aliphatic hydroxyl groups excluding tert-OH is 1. The molecule has 2 aromatic rings. The van der Waals surface area contributed by atoms with E-state index in [9.17, 15) is 19.1 Å². The Hall–Kier alpha value is -3.17. The van der Waals surface area contributed by atoms with E-state index in [-0.39, 0.29) is 26.6 Å². The summed E-state index contributed by atoms with van der Waals surface area (Å²) in [7, 11) is 0. The molecule has 1 fully saturated rings. The van der Waals surface area contributed by atoms with Crippen molar-refractivity contribution in [1.29, 1.82) is 0 Å². The van der Waals surface area contributed by atoms with Crippen LogP contribution in [0, 0.1) is 5.82 Å². The predicted molar refractivity (Wildman–Crippen MR) is 104 cm³/mol. The topological polar surface area (TPSA) is 88.5 Å². The van der Waals surface area contributed by atoms with E-state index in [0.717, 1.165) is 10.5 Å². The van der Waals surface area contributed by atoms with Crippen molar-refractivity contribution < 1.29 is 33.3 Å². The number of rotatable bonds is 7. The molecule has 0 aliphatic carbocycles. The van der Waals surface area contributed by atoms with Crippen LogP contribution in [0.25, 0.3) is 0 Å². The quantitative estimate of drug-likeness (QED) is 0.697. The van der Waals surface area contributed by atoms with Gasteiger partial charge in [0.2, 0.25) is 6.79 Å². The minimum atomic E-state index is -1.05. The van der Waals surface area contributed by atoms with Crippen LogP contribution in [0.2, 0.25) is 0 Å². The van der Waals surface area contributed by atoms with E-state index >= 15 is 0 Å². The highest BCUT2D eigenvalue weighted by Gasteiger charge is 2.43. The minimum absolute atomic E-state index is 0.0591. The lowest BCUT2D eigenvalue weighted by Gasteiger charge is -2.20. The average Bonchev–Trinajstić information content (AvgIpc) is 3.27. The number of aliphatic hydroxyl groups is 1. The molecule has 2 atom stereocenters. The third kappa shape index (κ3) is 3.94. The van der Waals surface area contributed by atoms with Crippen molar-refractivity contribution >= 4 is 17.6 Å². The fraction of sp³-hybridized carbons (Fsp3) is 0.333. The zero-order valence-electron chi connectivity index (χ0n) is 16.3. The molecule has 2 aliphatic heterocycles. The second-order valence-electron chi connectivity index (χ2n) is 7.11. The molecule has 1 saturated heterocycles.